The molecule has 6 rings (SSSR count). The molecule has 1 atom stereocenters. The summed E-state index contributed by atoms with van der Waals surface area (Å²) in [4.78, 5) is 19.2. The van der Waals surface area contributed by atoms with Gasteiger partial charge in [0.05, 0.1) is 27.4 Å². The van der Waals surface area contributed by atoms with Crippen molar-refractivity contribution in [2.24, 2.45) is 5.10 Å². The lowest BCUT2D eigenvalue weighted by molar-refractivity contribution is -0.116. The Labute approximate surface area is 220 Å². The van der Waals surface area contributed by atoms with E-state index in [1.165, 1.54) is 23.1 Å². The van der Waals surface area contributed by atoms with Gasteiger partial charge in [0, 0.05) is 15.6 Å². The Hall–Kier alpha value is -2.84. The molecule has 1 saturated heterocycles. The number of thiazole rings is 1. The molecule has 0 bridgehead atoms. The summed E-state index contributed by atoms with van der Waals surface area (Å²) in [6, 6.07) is 23.1. The van der Waals surface area contributed by atoms with E-state index in [4.69, 9.17) is 33.3 Å². The minimum atomic E-state index is -0.945. The smallest absolute Gasteiger partial charge is 0.241 e. The maximum atomic E-state index is 13.5. The van der Waals surface area contributed by atoms with Crippen LogP contribution in [0.15, 0.2) is 83.5 Å². The van der Waals surface area contributed by atoms with E-state index in [0.29, 0.717) is 20.9 Å². The van der Waals surface area contributed by atoms with Crippen LogP contribution in [0.3, 0.4) is 0 Å². The van der Waals surface area contributed by atoms with Crippen LogP contribution < -0.4 is 9.91 Å². The van der Waals surface area contributed by atoms with Gasteiger partial charge in [0.1, 0.15) is 0 Å². The highest BCUT2D eigenvalue weighted by atomic mass is 35.5. The third-order valence-corrected chi connectivity index (χ3v) is 8.81. The molecule has 1 spiro atoms. The fourth-order valence-corrected chi connectivity index (χ4v) is 7.19. The summed E-state index contributed by atoms with van der Waals surface area (Å²) in [6.45, 7) is 1.97. The van der Waals surface area contributed by atoms with Crippen molar-refractivity contribution >= 4 is 85.0 Å². The van der Waals surface area contributed by atoms with Crippen molar-refractivity contribution in [1.82, 2.24) is 4.98 Å². The third-order valence-electron chi connectivity index (χ3n) is 5.93. The highest BCUT2D eigenvalue weighted by Gasteiger charge is 2.59. The molecule has 0 radical (unpaired) electrons. The fraction of sp³-hybridized carbons (Fsp3) is 0.115. The van der Waals surface area contributed by atoms with Crippen LogP contribution in [0.2, 0.25) is 10.0 Å². The Kier molecular flexibility index (Phi) is 5.60. The van der Waals surface area contributed by atoms with Crippen LogP contribution in [-0.2, 0) is 4.79 Å². The van der Waals surface area contributed by atoms with Crippen molar-refractivity contribution < 1.29 is 4.79 Å². The second kappa shape index (κ2) is 8.68. The molecule has 3 heterocycles. The van der Waals surface area contributed by atoms with Crippen molar-refractivity contribution in [2.75, 3.05) is 15.7 Å². The van der Waals surface area contributed by atoms with E-state index in [-0.39, 0.29) is 5.91 Å². The number of hydrogen-bond donors (Lipinski definition) is 0. The van der Waals surface area contributed by atoms with Crippen molar-refractivity contribution in [3.05, 3.63) is 94.0 Å². The molecule has 35 heavy (non-hydrogen) atoms. The number of hydrogen-bond acceptors (Lipinski definition) is 6. The van der Waals surface area contributed by atoms with E-state index < -0.39 is 4.99 Å². The molecule has 9 heteroatoms. The molecule has 3 aromatic carbocycles. The molecule has 0 aliphatic carbocycles. The van der Waals surface area contributed by atoms with E-state index in [0.717, 1.165) is 32.8 Å². The predicted octanol–water partition coefficient (Wildman–Crippen LogP) is 7.32. The van der Waals surface area contributed by atoms with Gasteiger partial charge in [-0.15, -0.1) is 0 Å². The second-order valence-corrected chi connectivity index (χ2v) is 11.2. The van der Waals surface area contributed by atoms with Crippen LogP contribution in [0, 0.1) is 0 Å². The van der Waals surface area contributed by atoms with Crippen LogP contribution >= 0.6 is 46.3 Å². The summed E-state index contributed by atoms with van der Waals surface area (Å²) in [5.74, 6) is 0.279. The van der Waals surface area contributed by atoms with E-state index in [1.807, 2.05) is 84.7 Å². The number of carbonyl (C=O) groups is 1. The van der Waals surface area contributed by atoms with Crippen LogP contribution in [0.4, 0.5) is 10.8 Å². The van der Waals surface area contributed by atoms with Crippen molar-refractivity contribution in [1.29, 1.82) is 0 Å². The topological polar surface area (TPSA) is 48.8 Å². The number of para-hydroxylation sites is 1. The quantitative estimate of drug-likeness (QED) is 0.275. The maximum Gasteiger partial charge on any atom is 0.241 e. The zero-order valence-electron chi connectivity index (χ0n) is 18.5. The Morgan fingerprint density at radius 2 is 1.80 bits per heavy atom. The number of anilines is 2. The molecular weight excluding hydrogens is 519 g/mol. The van der Waals surface area contributed by atoms with E-state index in [9.17, 15) is 4.79 Å². The minimum Gasteiger partial charge on any atom is -0.273 e. The van der Waals surface area contributed by atoms with Crippen LogP contribution in [0.1, 0.15) is 12.5 Å². The first-order valence-electron chi connectivity index (χ1n) is 10.9. The molecule has 1 unspecified atom stereocenters. The Bertz CT molecular complexity index is 1500. The highest BCUT2D eigenvalue weighted by Crippen LogP contribution is 2.54. The number of carbonyl (C=O) groups excluding carboxylic acids is 1. The Morgan fingerprint density at radius 3 is 2.57 bits per heavy atom. The fourth-order valence-electron chi connectivity index (χ4n) is 4.39. The molecule has 0 saturated carbocycles. The van der Waals surface area contributed by atoms with Crippen LogP contribution in [0.25, 0.3) is 16.3 Å². The number of aromatic nitrogens is 1. The van der Waals surface area contributed by atoms with E-state index in [1.54, 1.807) is 4.90 Å². The summed E-state index contributed by atoms with van der Waals surface area (Å²) >= 11 is 15.5. The lowest BCUT2D eigenvalue weighted by atomic mass is 10.0. The summed E-state index contributed by atoms with van der Waals surface area (Å²) in [6.07, 6.45) is 2.08. The number of amides is 1. The number of nitrogens with zero attached hydrogens (tertiary/aromatic N) is 4. The zero-order chi connectivity index (χ0) is 24.2. The van der Waals surface area contributed by atoms with Gasteiger partial charge in [-0.2, -0.15) is 5.10 Å². The van der Waals surface area contributed by atoms with Crippen molar-refractivity contribution in [3.63, 3.8) is 0 Å². The van der Waals surface area contributed by atoms with Gasteiger partial charge < -0.3 is 0 Å². The first kappa shape index (κ1) is 22.6. The van der Waals surface area contributed by atoms with Gasteiger partial charge in [0.25, 0.3) is 0 Å². The molecule has 2 aliphatic rings. The molecule has 1 fully saturated rings. The first-order valence-corrected chi connectivity index (χ1v) is 13.4. The number of rotatable bonds is 3. The molecular formula is C26H18Cl2N4OS2. The average molecular weight is 537 g/mol. The molecule has 0 N–H and O–H groups in total. The van der Waals surface area contributed by atoms with Crippen LogP contribution in [0.5, 0.6) is 0 Å². The number of thioether (sulfide) groups is 1. The van der Waals surface area contributed by atoms with E-state index >= 15 is 0 Å². The first-order chi connectivity index (χ1) is 17.0. The highest BCUT2D eigenvalue weighted by molar-refractivity contribution is 8.02. The summed E-state index contributed by atoms with van der Waals surface area (Å²) < 4.78 is 1.02. The van der Waals surface area contributed by atoms with Gasteiger partial charge in [0.2, 0.25) is 10.9 Å². The van der Waals surface area contributed by atoms with E-state index in [2.05, 4.69) is 6.08 Å². The Morgan fingerprint density at radius 1 is 1.00 bits per heavy atom. The average Bonchev–Trinajstić information content (AvgIpc) is 3.50. The largest absolute Gasteiger partial charge is 0.273 e. The normalized spacial score (nSPS) is 21.1. The second-order valence-electron chi connectivity index (χ2n) is 8.18. The van der Waals surface area contributed by atoms with Gasteiger partial charge in [-0.1, -0.05) is 76.6 Å². The molecule has 1 aromatic heterocycles. The lowest BCUT2D eigenvalue weighted by Crippen LogP contribution is -2.54. The van der Waals surface area contributed by atoms with Crippen molar-refractivity contribution in [2.45, 2.75) is 11.9 Å². The minimum absolute atomic E-state index is 0.0204. The lowest BCUT2D eigenvalue weighted by Gasteiger charge is -2.40. The van der Waals surface area contributed by atoms with Crippen LogP contribution in [-0.4, -0.2) is 27.4 Å². The van der Waals surface area contributed by atoms with Gasteiger partial charge in [0.15, 0.2) is 5.13 Å². The third kappa shape index (κ3) is 3.74. The Balaban J connectivity index is 1.59. The summed E-state index contributed by atoms with van der Waals surface area (Å²) in [5, 5.41) is 8.76. The zero-order valence-corrected chi connectivity index (χ0v) is 21.6. The number of fused-ring (bicyclic) bond motifs is 1. The van der Waals surface area contributed by atoms with Gasteiger partial charge in [-0.3, -0.25) is 4.79 Å². The van der Waals surface area contributed by atoms with Gasteiger partial charge >= 0.3 is 0 Å². The molecule has 2 aliphatic heterocycles. The standard InChI is InChI=1S/C26H18Cl2N4OS2/c1-16-21(13-17-9-11-18(27)12-10-17)26(32(30-16)20-6-4-5-19(28)14-20)31(24(33)15-34-26)25-29-22-7-2-3-8-23(22)35-25/h2-14H,15H2,1H3/b21-13-. The number of benzene rings is 3. The predicted molar refractivity (Wildman–Crippen MR) is 149 cm³/mol. The van der Waals surface area contributed by atoms with Gasteiger partial charge in [-0.05, 0) is 61.0 Å². The summed E-state index contributed by atoms with van der Waals surface area (Å²) in [7, 11) is 0. The van der Waals surface area contributed by atoms with Gasteiger partial charge in [-0.25, -0.2) is 14.9 Å². The molecule has 1 amide bonds. The van der Waals surface area contributed by atoms with Crippen molar-refractivity contribution in [3.8, 4) is 0 Å². The monoisotopic (exact) mass is 536 g/mol. The number of hydrazone groups is 1. The number of halogens is 2. The molecule has 5 nitrogen and oxygen atoms in total. The summed E-state index contributed by atoms with van der Waals surface area (Å²) in [5.41, 5.74) is 4.35. The molecule has 174 valence electrons. The SMILES string of the molecule is CC1=NN(c2cccc(Cl)c2)C2(SCC(=O)N2c2nc3ccccc3s2)/C1=C\c1ccc(Cl)cc1. The maximum absolute atomic E-state index is 13.5. The molecule has 4 aromatic rings.